The second kappa shape index (κ2) is 4.19. The number of aliphatic imine (C=N–C) groups is 1. The van der Waals surface area contributed by atoms with E-state index in [0.29, 0.717) is 18.3 Å². The van der Waals surface area contributed by atoms with Crippen LogP contribution in [-0.4, -0.2) is 23.8 Å². The molecule has 2 aliphatic heterocycles. The summed E-state index contributed by atoms with van der Waals surface area (Å²) in [6.07, 6.45) is 1.62. The number of ether oxygens (including phenoxy) is 1. The van der Waals surface area contributed by atoms with Gasteiger partial charge in [-0.1, -0.05) is 18.2 Å². The molecule has 1 atom stereocenters. The van der Waals surface area contributed by atoms with Crippen LogP contribution in [0.5, 0.6) is 5.88 Å². The Labute approximate surface area is 133 Å². The first-order valence-corrected chi connectivity index (χ1v) is 7.77. The summed E-state index contributed by atoms with van der Waals surface area (Å²) in [6, 6.07) is 10.1. The molecule has 1 N–H and O–H groups in total. The second-order valence-electron chi connectivity index (χ2n) is 6.26. The molecule has 1 spiro atoms. The molecule has 2 aromatic rings. The van der Waals surface area contributed by atoms with E-state index in [-0.39, 0.29) is 5.91 Å². The Bertz CT molecular complexity index is 903. The summed E-state index contributed by atoms with van der Waals surface area (Å²) in [7, 11) is 1.68. The maximum absolute atomic E-state index is 13.1. The third kappa shape index (κ3) is 1.49. The molecular weight excluding hydrogens is 290 g/mol. The minimum Gasteiger partial charge on any atom is -0.473 e. The maximum Gasteiger partial charge on any atom is 0.242 e. The van der Waals surface area contributed by atoms with Crippen LogP contribution in [0.2, 0.25) is 0 Å². The van der Waals surface area contributed by atoms with Crippen LogP contribution in [0.15, 0.2) is 35.3 Å². The topological polar surface area (TPSA) is 63.6 Å². The summed E-state index contributed by atoms with van der Waals surface area (Å²) < 4.78 is 5.81. The molecule has 5 rings (SSSR count). The lowest BCUT2D eigenvalue weighted by atomic mass is 9.73. The van der Waals surface area contributed by atoms with Crippen LogP contribution < -0.4 is 10.1 Å². The van der Waals surface area contributed by atoms with Gasteiger partial charge in [0.15, 0.2) is 0 Å². The van der Waals surface area contributed by atoms with Crippen LogP contribution in [0.25, 0.3) is 0 Å². The molecule has 3 aliphatic rings. The highest BCUT2D eigenvalue weighted by Crippen LogP contribution is 2.47. The molecule has 3 heterocycles. The zero-order chi connectivity index (χ0) is 15.6. The van der Waals surface area contributed by atoms with Gasteiger partial charge in [0.05, 0.1) is 5.69 Å². The van der Waals surface area contributed by atoms with E-state index in [1.165, 1.54) is 5.56 Å². The largest absolute Gasteiger partial charge is 0.473 e. The van der Waals surface area contributed by atoms with E-state index in [4.69, 9.17) is 9.72 Å². The molecule has 5 heteroatoms. The van der Waals surface area contributed by atoms with Gasteiger partial charge in [-0.05, 0) is 35.6 Å². The Hall–Kier alpha value is -2.69. The van der Waals surface area contributed by atoms with Gasteiger partial charge in [0.25, 0.3) is 0 Å². The normalized spacial score (nSPS) is 25.3. The predicted octanol–water partition coefficient (Wildman–Crippen LogP) is 1.71. The molecule has 1 aliphatic carbocycles. The summed E-state index contributed by atoms with van der Waals surface area (Å²) in [4.78, 5) is 22.0. The third-order valence-corrected chi connectivity index (χ3v) is 5.16. The quantitative estimate of drug-likeness (QED) is 0.806. The van der Waals surface area contributed by atoms with Crippen molar-refractivity contribution in [2.75, 3.05) is 7.05 Å². The number of carbonyl (C=O) groups is 1. The Kier molecular flexibility index (Phi) is 2.33. The highest BCUT2D eigenvalue weighted by atomic mass is 16.5. The fourth-order valence-corrected chi connectivity index (χ4v) is 4.03. The number of carbonyl (C=O) groups excluding carboxylic acids is 1. The number of nitrogens with one attached hydrogen (secondary N) is 1. The number of aryl methyl sites for hydroxylation is 1. The molecular formula is C18H15N3O2. The van der Waals surface area contributed by atoms with Gasteiger partial charge in [-0.3, -0.25) is 9.79 Å². The van der Waals surface area contributed by atoms with Crippen molar-refractivity contribution in [2.45, 2.75) is 24.9 Å². The van der Waals surface area contributed by atoms with Gasteiger partial charge in [-0.2, -0.15) is 0 Å². The number of rotatable bonds is 0. The number of fused-ring (bicyclic) bond motifs is 2. The number of hydrogen-bond acceptors (Lipinski definition) is 4. The lowest BCUT2D eigenvalue weighted by molar-refractivity contribution is -0.124. The van der Waals surface area contributed by atoms with Crippen molar-refractivity contribution in [3.8, 4) is 5.88 Å². The summed E-state index contributed by atoms with van der Waals surface area (Å²) in [6.45, 7) is 0.464. The predicted molar refractivity (Wildman–Crippen MR) is 84.7 cm³/mol. The summed E-state index contributed by atoms with van der Waals surface area (Å²) in [5.74, 6) is 1.11. The molecule has 0 unspecified atom stereocenters. The van der Waals surface area contributed by atoms with E-state index in [1.807, 2.05) is 12.1 Å². The minimum atomic E-state index is -0.724. The molecule has 0 radical (unpaired) electrons. The highest BCUT2D eigenvalue weighted by molar-refractivity contribution is 6.16. The number of hydrogen-bond donors (Lipinski definition) is 1. The fraction of sp³-hybridized carbons (Fsp3) is 0.278. The first kappa shape index (κ1) is 12.8. The molecule has 5 nitrogen and oxygen atoms in total. The van der Waals surface area contributed by atoms with Gasteiger partial charge in [0.1, 0.15) is 17.9 Å². The van der Waals surface area contributed by atoms with Gasteiger partial charge in [-0.25, -0.2) is 4.98 Å². The Balaban J connectivity index is 1.92. The number of benzene rings is 1. The molecule has 114 valence electrons. The minimum absolute atomic E-state index is 0.0342. The van der Waals surface area contributed by atoms with Crippen LogP contribution in [0.4, 0.5) is 0 Å². The number of nitrogens with zero attached hydrogens (tertiary/aromatic N) is 2. The molecule has 4 bridgehead atoms. The summed E-state index contributed by atoms with van der Waals surface area (Å²) in [5, 5.41) is 2.99. The molecule has 1 aromatic carbocycles. The molecule has 0 saturated heterocycles. The van der Waals surface area contributed by atoms with E-state index < -0.39 is 5.41 Å². The molecule has 23 heavy (non-hydrogen) atoms. The molecule has 1 aromatic heterocycles. The number of amidine groups is 1. The van der Waals surface area contributed by atoms with Crippen molar-refractivity contribution in [1.29, 1.82) is 0 Å². The first-order chi connectivity index (χ1) is 11.2. The first-order valence-electron chi connectivity index (χ1n) is 7.77. The standard InChI is InChI=1S/C18H15N3O2/c1-19-16-12-4-5-14-20-15(12)18(17(22)21-16)7-6-11-3-2-10(9-23-14)8-13(11)18/h2-5,8H,6-7,9H2,1H3,(H,19,21,22)/t18-/m0/s1. The van der Waals surface area contributed by atoms with Gasteiger partial charge in [-0.15, -0.1) is 0 Å². The van der Waals surface area contributed by atoms with E-state index in [0.717, 1.165) is 35.2 Å². The van der Waals surface area contributed by atoms with Gasteiger partial charge < -0.3 is 10.1 Å². The zero-order valence-electron chi connectivity index (χ0n) is 12.7. The van der Waals surface area contributed by atoms with E-state index >= 15 is 0 Å². The van der Waals surface area contributed by atoms with Crippen molar-refractivity contribution in [2.24, 2.45) is 4.99 Å². The summed E-state index contributed by atoms with van der Waals surface area (Å²) >= 11 is 0. The monoisotopic (exact) mass is 305 g/mol. The molecule has 0 fully saturated rings. The van der Waals surface area contributed by atoms with Gasteiger partial charge in [0, 0.05) is 18.7 Å². The van der Waals surface area contributed by atoms with Crippen LogP contribution in [0.3, 0.4) is 0 Å². The smallest absolute Gasteiger partial charge is 0.242 e. The van der Waals surface area contributed by atoms with Crippen molar-refractivity contribution in [3.63, 3.8) is 0 Å². The van der Waals surface area contributed by atoms with Crippen molar-refractivity contribution in [1.82, 2.24) is 10.3 Å². The molecule has 1 amide bonds. The lowest BCUT2D eigenvalue weighted by Crippen LogP contribution is -2.52. The van der Waals surface area contributed by atoms with E-state index in [9.17, 15) is 4.79 Å². The van der Waals surface area contributed by atoms with Gasteiger partial charge >= 0.3 is 0 Å². The van der Waals surface area contributed by atoms with Crippen LogP contribution in [0.1, 0.15) is 34.4 Å². The van der Waals surface area contributed by atoms with Crippen molar-refractivity contribution >= 4 is 11.7 Å². The van der Waals surface area contributed by atoms with Crippen molar-refractivity contribution in [3.05, 3.63) is 58.3 Å². The number of pyridine rings is 1. The summed E-state index contributed by atoms with van der Waals surface area (Å²) in [5.41, 5.74) is 4.30. The Morgan fingerprint density at radius 3 is 3.09 bits per heavy atom. The van der Waals surface area contributed by atoms with Gasteiger partial charge in [0.2, 0.25) is 11.8 Å². The van der Waals surface area contributed by atoms with Crippen LogP contribution in [-0.2, 0) is 23.2 Å². The third-order valence-electron chi connectivity index (χ3n) is 5.16. The number of aromatic nitrogens is 1. The highest BCUT2D eigenvalue weighted by Gasteiger charge is 2.52. The Morgan fingerprint density at radius 2 is 2.22 bits per heavy atom. The van der Waals surface area contributed by atoms with E-state index in [1.54, 1.807) is 7.05 Å². The SMILES string of the molecule is CN=C1NC(=O)[C@@]23CCc4ccc(cc42)COc2ccc1c3n2. The van der Waals surface area contributed by atoms with E-state index in [2.05, 4.69) is 28.5 Å². The van der Waals surface area contributed by atoms with Crippen molar-refractivity contribution < 1.29 is 9.53 Å². The number of amides is 1. The fourth-order valence-electron chi connectivity index (χ4n) is 4.03. The molecule has 0 saturated carbocycles. The lowest BCUT2D eigenvalue weighted by Gasteiger charge is -2.34. The average Bonchev–Trinajstić information content (AvgIpc) is 2.96. The maximum atomic E-state index is 13.1. The van der Waals surface area contributed by atoms with Crippen LogP contribution >= 0.6 is 0 Å². The Morgan fingerprint density at radius 1 is 1.30 bits per heavy atom. The zero-order valence-corrected chi connectivity index (χ0v) is 12.7. The second-order valence-corrected chi connectivity index (χ2v) is 6.26. The van der Waals surface area contributed by atoms with Crippen LogP contribution in [0, 0.1) is 0 Å². The average molecular weight is 305 g/mol.